The first kappa shape index (κ1) is 31.3. The van der Waals surface area contributed by atoms with Gasteiger partial charge in [-0.2, -0.15) is 0 Å². The summed E-state index contributed by atoms with van der Waals surface area (Å²) in [6, 6.07) is 44.7. The normalized spacial score (nSPS) is 12.7. The van der Waals surface area contributed by atoms with Gasteiger partial charge in [0.15, 0.2) is 0 Å². The van der Waals surface area contributed by atoms with Crippen LogP contribution >= 0.6 is 0 Å². The molecule has 0 unspecified atom stereocenters. The highest BCUT2D eigenvalue weighted by molar-refractivity contribution is 5.98. The first-order valence-electron chi connectivity index (χ1n) is 19.9. The minimum absolute atomic E-state index is 0.149. The maximum absolute atomic E-state index is 11.7. The van der Waals surface area contributed by atoms with E-state index < -0.39 is 6.85 Å². The maximum atomic E-state index is 11.7. The molecule has 0 fully saturated rings. The number of imidazole rings is 1. The molecule has 0 radical (unpaired) electrons. The average molecular weight is 707 g/mol. The number of aromatic nitrogens is 3. The molecule has 266 valence electrons. The second-order valence-corrected chi connectivity index (χ2v) is 15.4. The third-order valence-electron chi connectivity index (χ3n) is 10.2. The van der Waals surface area contributed by atoms with E-state index in [1.54, 1.807) is 12.1 Å². The molecule has 54 heavy (non-hydrogen) atoms. The lowest BCUT2D eigenvalue weighted by molar-refractivity contribution is 0.472. The van der Waals surface area contributed by atoms with Crippen molar-refractivity contribution in [3.63, 3.8) is 0 Å². The molecule has 2 heterocycles. The van der Waals surface area contributed by atoms with Gasteiger partial charge in [-0.25, -0.2) is 4.98 Å². The van der Waals surface area contributed by atoms with Crippen molar-refractivity contribution in [2.75, 3.05) is 0 Å². The number of hydrogen-bond acceptors (Lipinski definition) is 3. The number of pyridine rings is 1. The van der Waals surface area contributed by atoms with Crippen LogP contribution in [0.4, 0.5) is 0 Å². The van der Waals surface area contributed by atoms with E-state index in [0.29, 0.717) is 11.4 Å². The average Bonchev–Trinajstić information content (AvgIpc) is 3.58. The summed E-state index contributed by atoms with van der Waals surface area (Å²) in [5.41, 5.74) is 14.8. The highest BCUT2D eigenvalue weighted by Crippen LogP contribution is 2.42. The van der Waals surface area contributed by atoms with E-state index in [0.717, 1.165) is 78.0 Å². The number of phenolic OH excluding ortho intramolecular Hbond substituents is 1. The van der Waals surface area contributed by atoms with Crippen LogP contribution in [0.15, 0.2) is 140 Å². The summed E-state index contributed by atoms with van der Waals surface area (Å²) in [6.45, 7) is 10.4. The molecule has 0 aliphatic rings. The van der Waals surface area contributed by atoms with Crippen LogP contribution in [0, 0.1) is 27.6 Å². The molecule has 8 rings (SSSR count). The van der Waals surface area contributed by atoms with Crippen LogP contribution < -0.4 is 0 Å². The van der Waals surface area contributed by atoms with Gasteiger partial charge in [0.25, 0.3) is 0 Å². The summed E-state index contributed by atoms with van der Waals surface area (Å²) in [6.07, 6.45) is 1.88. The van der Waals surface area contributed by atoms with Crippen LogP contribution in [-0.4, -0.2) is 19.6 Å². The molecule has 0 amide bonds. The molecule has 0 aliphatic heterocycles. The molecule has 6 aromatic carbocycles. The van der Waals surface area contributed by atoms with Crippen molar-refractivity contribution in [2.24, 2.45) is 0 Å². The Morgan fingerprint density at radius 3 is 2.09 bits per heavy atom. The molecule has 0 spiro atoms. The van der Waals surface area contributed by atoms with Crippen LogP contribution in [0.2, 0.25) is 0 Å². The van der Waals surface area contributed by atoms with Crippen LogP contribution in [0.1, 0.15) is 52.7 Å². The zero-order valence-electron chi connectivity index (χ0n) is 34.6. The molecule has 8 aromatic rings. The highest BCUT2D eigenvalue weighted by Gasteiger charge is 2.24. The molecule has 1 N–H and O–H groups in total. The number of rotatable bonds is 6. The van der Waals surface area contributed by atoms with Gasteiger partial charge in [-0.15, -0.1) is 0 Å². The van der Waals surface area contributed by atoms with E-state index >= 15 is 0 Å². The number of para-hydroxylation sites is 1. The Labute approximate surface area is 322 Å². The fourth-order valence-electron chi connectivity index (χ4n) is 7.35. The molecule has 0 saturated carbocycles. The zero-order chi connectivity index (χ0) is 40.2. The van der Waals surface area contributed by atoms with E-state index in [9.17, 15) is 5.11 Å². The first-order valence-corrected chi connectivity index (χ1v) is 18.4. The van der Waals surface area contributed by atoms with Crippen molar-refractivity contribution in [1.82, 2.24) is 14.5 Å². The lowest BCUT2D eigenvalue weighted by Crippen LogP contribution is -2.11. The fourth-order valence-corrected chi connectivity index (χ4v) is 7.35. The SMILES string of the molecule is [2H]C([2H])([2H])c1ccc(-n2c(-c3cc(C)cc(C)c3O)nc3c(-c4cc(-c5cc(-c6ccc(C)cc6)ccn5)cc(C(C)(C)C)c4)cccc32)c(-c2ccccc2)c1. The molecule has 0 aliphatic carbocycles. The van der Waals surface area contributed by atoms with Gasteiger partial charge in [0.2, 0.25) is 0 Å². The Morgan fingerprint density at radius 2 is 1.33 bits per heavy atom. The first-order chi connectivity index (χ1) is 27.2. The second kappa shape index (κ2) is 13.6. The molecule has 0 saturated heterocycles. The van der Waals surface area contributed by atoms with Gasteiger partial charge in [0.1, 0.15) is 11.6 Å². The smallest absolute Gasteiger partial charge is 0.149 e. The molecule has 2 aromatic heterocycles. The van der Waals surface area contributed by atoms with Gasteiger partial charge in [0, 0.05) is 27.0 Å². The quantitative estimate of drug-likeness (QED) is 0.187. The Hall–Kier alpha value is -6.26. The number of hydrogen-bond donors (Lipinski definition) is 1. The zero-order valence-corrected chi connectivity index (χ0v) is 31.6. The van der Waals surface area contributed by atoms with Gasteiger partial charge >= 0.3 is 0 Å². The van der Waals surface area contributed by atoms with Gasteiger partial charge in [-0.3, -0.25) is 9.55 Å². The van der Waals surface area contributed by atoms with E-state index in [1.165, 1.54) is 5.56 Å². The molecule has 4 nitrogen and oxygen atoms in total. The summed E-state index contributed by atoms with van der Waals surface area (Å²) in [5, 5.41) is 11.7. The number of aryl methyl sites for hydroxylation is 4. The van der Waals surface area contributed by atoms with Crippen molar-refractivity contribution < 1.29 is 9.22 Å². The van der Waals surface area contributed by atoms with Crippen molar-refractivity contribution in [2.45, 2.75) is 53.8 Å². The predicted molar refractivity (Wildman–Crippen MR) is 225 cm³/mol. The maximum Gasteiger partial charge on any atom is 0.149 e. The summed E-state index contributed by atoms with van der Waals surface area (Å²) < 4.78 is 26.9. The van der Waals surface area contributed by atoms with E-state index in [4.69, 9.17) is 14.1 Å². The minimum Gasteiger partial charge on any atom is -0.507 e. The number of fused-ring (bicyclic) bond motifs is 1. The summed E-state index contributed by atoms with van der Waals surface area (Å²) in [5.74, 6) is 0.704. The van der Waals surface area contributed by atoms with Gasteiger partial charge in [0.05, 0.1) is 28.0 Å². The molecular weight excluding hydrogens is 659 g/mol. The number of benzene rings is 6. The number of aromatic hydroxyl groups is 1. The summed E-state index contributed by atoms with van der Waals surface area (Å²) in [7, 11) is 0. The third kappa shape index (κ3) is 6.49. The predicted octanol–water partition coefficient (Wildman–Crippen LogP) is 13.0. The van der Waals surface area contributed by atoms with E-state index in [1.807, 2.05) is 86.8 Å². The van der Waals surface area contributed by atoms with E-state index in [2.05, 4.69) is 86.9 Å². The highest BCUT2D eigenvalue weighted by atomic mass is 16.3. The standard InChI is InChI=1S/C50H45N3O/c1-31-16-19-35(20-17-31)37-22-23-51-44(30-37)39-27-38(28-40(29-39)50(5,6)7)41-14-11-15-46-47(41)52-49(43-26-33(3)24-34(4)48(43)54)53(46)45-21-18-32(2)25-42(45)36-12-9-8-10-13-36/h8-30,54H,1-7H3/i2D3. The van der Waals surface area contributed by atoms with Crippen molar-refractivity contribution in [3.8, 4) is 67.5 Å². The monoisotopic (exact) mass is 706 g/mol. The molecule has 0 bridgehead atoms. The van der Waals surface area contributed by atoms with Crippen molar-refractivity contribution in [3.05, 3.63) is 167 Å². The Bertz CT molecular complexity index is 2790. The summed E-state index contributed by atoms with van der Waals surface area (Å²) >= 11 is 0. The molecule has 0 atom stereocenters. The van der Waals surface area contributed by atoms with Gasteiger partial charge < -0.3 is 5.11 Å². The Morgan fingerprint density at radius 1 is 0.593 bits per heavy atom. The topological polar surface area (TPSA) is 50.9 Å². The molecular formula is C50H45N3O. The van der Waals surface area contributed by atoms with Crippen LogP contribution in [-0.2, 0) is 5.41 Å². The fraction of sp³-hybridized carbons (Fsp3) is 0.160. The van der Waals surface area contributed by atoms with Crippen molar-refractivity contribution in [1.29, 1.82) is 0 Å². The minimum atomic E-state index is -2.30. The van der Waals surface area contributed by atoms with Gasteiger partial charge in [-0.1, -0.05) is 117 Å². The van der Waals surface area contributed by atoms with Crippen molar-refractivity contribution >= 4 is 11.0 Å². The summed E-state index contributed by atoms with van der Waals surface area (Å²) in [4.78, 5) is 10.3. The van der Waals surface area contributed by atoms with Crippen LogP contribution in [0.25, 0.3) is 72.7 Å². The van der Waals surface area contributed by atoms with E-state index in [-0.39, 0.29) is 16.7 Å². The van der Waals surface area contributed by atoms with Crippen LogP contribution in [0.5, 0.6) is 5.75 Å². The Balaban J connectivity index is 1.41. The largest absolute Gasteiger partial charge is 0.507 e. The number of nitrogens with zero attached hydrogens (tertiary/aromatic N) is 3. The Kier molecular flexibility index (Phi) is 7.89. The lowest BCUT2D eigenvalue weighted by Gasteiger charge is -2.22. The third-order valence-corrected chi connectivity index (χ3v) is 10.2. The number of phenols is 1. The van der Waals surface area contributed by atoms with Gasteiger partial charge in [-0.05, 0) is 121 Å². The molecule has 4 heteroatoms. The second-order valence-electron chi connectivity index (χ2n) is 15.4. The lowest BCUT2D eigenvalue weighted by atomic mass is 9.83. The van der Waals surface area contributed by atoms with Crippen LogP contribution in [0.3, 0.4) is 0 Å².